The Kier molecular flexibility index (Phi) is 4.44. The van der Waals surface area contributed by atoms with Crippen LogP contribution in [-0.4, -0.2) is 51.5 Å². The van der Waals surface area contributed by atoms with Crippen molar-refractivity contribution in [3.63, 3.8) is 0 Å². The SMILES string of the molecule is CC(C)C(=O)N1C[C@@H]2[C@H](C1)[C@@H]2N(C)c1nc(-c2ccncc2F)cc(=O)n1C. The summed E-state index contributed by atoms with van der Waals surface area (Å²) in [5, 5.41) is 0. The first kappa shape index (κ1) is 18.6. The van der Waals surface area contributed by atoms with Crippen LogP contribution in [0.25, 0.3) is 11.3 Å². The van der Waals surface area contributed by atoms with Gasteiger partial charge < -0.3 is 9.80 Å². The number of carbonyl (C=O) groups excluding carboxylic acids is 1. The number of aromatic nitrogens is 3. The van der Waals surface area contributed by atoms with Crippen LogP contribution in [0.15, 0.2) is 29.3 Å². The third-order valence-electron chi connectivity index (χ3n) is 5.88. The van der Waals surface area contributed by atoms with Gasteiger partial charge in [-0.15, -0.1) is 0 Å². The van der Waals surface area contributed by atoms with Gasteiger partial charge in [0.15, 0.2) is 5.82 Å². The van der Waals surface area contributed by atoms with Gasteiger partial charge in [-0.2, -0.15) is 0 Å². The fourth-order valence-corrected chi connectivity index (χ4v) is 4.31. The highest BCUT2D eigenvalue weighted by molar-refractivity contribution is 5.78. The molecule has 0 N–H and O–H groups in total. The topological polar surface area (TPSA) is 71.3 Å². The monoisotopic (exact) mass is 385 g/mol. The maximum absolute atomic E-state index is 14.1. The summed E-state index contributed by atoms with van der Waals surface area (Å²) in [5.41, 5.74) is 0.310. The lowest BCUT2D eigenvalue weighted by Crippen LogP contribution is -2.39. The Balaban J connectivity index is 1.58. The summed E-state index contributed by atoms with van der Waals surface area (Å²) in [4.78, 5) is 36.9. The minimum absolute atomic E-state index is 0.00288. The zero-order chi connectivity index (χ0) is 20.2. The van der Waals surface area contributed by atoms with Gasteiger partial charge in [-0.25, -0.2) is 9.37 Å². The Labute approximate surface area is 162 Å². The number of fused-ring (bicyclic) bond motifs is 1. The summed E-state index contributed by atoms with van der Waals surface area (Å²) in [6.45, 7) is 5.31. The number of carbonyl (C=O) groups is 1. The number of likely N-dealkylation sites (tertiary alicyclic amines) is 1. The fourth-order valence-electron chi connectivity index (χ4n) is 4.31. The molecule has 0 aromatic carbocycles. The number of hydrogen-bond acceptors (Lipinski definition) is 5. The molecule has 0 radical (unpaired) electrons. The number of nitrogens with zero attached hydrogens (tertiary/aromatic N) is 5. The van der Waals surface area contributed by atoms with E-state index >= 15 is 0 Å². The van der Waals surface area contributed by atoms with Gasteiger partial charge in [0.2, 0.25) is 11.9 Å². The second-order valence-electron chi connectivity index (χ2n) is 8.02. The molecule has 2 aliphatic rings. The molecule has 2 aromatic heterocycles. The lowest BCUT2D eigenvalue weighted by molar-refractivity contribution is -0.133. The van der Waals surface area contributed by atoms with Crippen LogP contribution in [0.4, 0.5) is 10.3 Å². The number of anilines is 1. The van der Waals surface area contributed by atoms with Crippen molar-refractivity contribution in [1.82, 2.24) is 19.4 Å². The van der Waals surface area contributed by atoms with Crippen LogP contribution in [0.5, 0.6) is 0 Å². The van der Waals surface area contributed by atoms with Crippen molar-refractivity contribution in [2.24, 2.45) is 24.8 Å². The van der Waals surface area contributed by atoms with Gasteiger partial charge in [0.25, 0.3) is 5.56 Å². The average Bonchev–Trinajstić information content (AvgIpc) is 3.16. The summed E-state index contributed by atoms with van der Waals surface area (Å²) < 4.78 is 15.6. The average molecular weight is 385 g/mol. The molecule has 3 heterocycles. The lowest BCUT2D eigenvalue weighted by atomic mass is 10.2. The number of halogens is 1. The second kappa shape index (κ2) is 6.68. The number of amides is 1. The summed E-state index contributed by atoms with van der Waals surface area (Å²) >= 11 is 0. The quantitative estimate of drug-likeness (QED) is 0.798. The van der Waals surface area contributed by atoms with Crippen molar-refractivity contribution in [2.45, 2.75) is 19.9 Å². The Hall–Kier alpha value is -2.77. The zero-order valence-electron chi connectivity index (χ0n) is 16.5. The van der Waals surface area contributed by atoms with Crippen LogP contribution in [0.1, 0.15) is 13.8 Å². The molecule has 1 aliphatic heterocycles. The molecule has 4 rings (SSSR count). The Bertz CT molecular complexity index is 977. The molecule has 0 unspecified atom stereocenters. The minimum atomic E-state index is -0.511. The predicted octanol–water partition coefficient (Wildman–Crippen LogP) is 1.53. The molecule has 1 saturated heterocycles. The van der Waals surface area contributed by atoms with Crippen molar-refractivity contribution < 1.29 is 9.18 Å². The van der Waals surface area contributed by atoms with Crippen LogP contribution in [0.2, 0.25) is 0 Å². The largest absolute Gasteiger partial charge is 0.342 e. The first-order chi connectivity index (χ1) is 13.3. The normalized spacial score (nSPS) is 23.1. The summed E-state index contributed by atoms with van der Waals surface area (Å²) in [7, 11) is 3.58. The molecule has 28 heavy (non-hydrogen) atoms. The van der Waals surface area contributed by atoms with E-state index in [2.05, 4.69) is 9.97 Å². The highest BCUT2D eigenvalue weighted by Gasteiger charge is 2.59. The van der Waals surface area contributed by atoms with E-state index in [0.717, 1.165) is 19.3 Å². The van der Waals surface area contributed by atoms with E-state index in [0.29, 0.717) is 23.5 Å². The van der Waals surface area contributed by atoms with E-state index in [9.17, 15) is 14.0 Å². The van der Waals surface area contributed by atoms with Gasteiger partial charge in [-0.3, -0.25) is 19.1 Å². The molecule has 0 bridgehead atoms. The molecular weight excluding hydrogens is 361 g/mol. The van der Waals surface area contributed by atoms with Crippen molar-refractivity contribution >= 4 is 11.9 Å². The standard InChI is InChI=1S/C20H24FN5O2/c1-11(2)19(28)26-9-13-14(10-26)18(13)25(4)20-23-16(7-17(27)24(20)3)12-5-6-22-8-15(12)21/h5-8,11,13-14,18H,9-10H2,1-4H3/t13-,14+,18-. The molecule has 2 aromatic rings. The number of rotatable bonds is 4. The van der Waals surface area contributed by atoms with Gasteiger partial charge in [0.05, 0.1) is 11.9 Å². The smallest absolute Gasteiger partial charge is 0.255 e. The first-order valence-electron chi connectivity index (χ1n) is 9.49. The van der Waals surface area contributed by atoms with E-state index in [1.807, 2.05) is 30.7 Å². The molecule has 2 fully saturated rings. The number of hydrogen-bond donors (Lipinski definition) is 0. The third kappa shape index (κ3) is 2.96. The van der Waals surface area contributed by atoms with Crippen LogP contribution < -0.4 is 10.5 Å². The molecule has 7 nitrogen and oxygen atoms in total. The summed E-state index contributed by atoms with van der Waals surface area (Å²) in [6.07, 6.45) is 2.59. The van der Waals surface area contributed by atoms with Gasteiger partial charge in [0, 0.05) is 68.8 Å². The molecular formula is C20H24FN5O2. The van der Waals surface area contributed by atoms with E-state index in [1.54, 1.807) is 7.05 Å². The lowest BCUT2D eigenvalue weighted by Gasteiger charge is -2.27. The van der Waals surface area contributed by atoms with Crippen LogP contribution in [-0.2, 0) is 11.8 Å². The minimum Gasteiger partial charge on any atom is -0.342 e. The van der Waals surface area contributed by atoms with Crippen molar-refractivity contribution in [3.8, 4) is 11.3 Å². The Morgan fingerprint density at radius 3 is 2.61 bits per heavy atom. The second-order valence-corrected chi connectivity index (χ2v) is 8.02. The van der Waals surface area contributed by atoms with Crippen molar-refractivity contribution in [1.29, 1.82) is 0 Å². The van der Waals surface area contributed by atoms with Crippen LogP contribution in [0, 0.1) is 23.6 Å². The molecule has 3 atom stereocenters. The molecule has 148 valence electrons. The van der Waals surface area contributed by atoms with E-state index < -0.39 is 5.82 Å². The number of piperidine rings is 1. The van der Waals surface area contributed by atoms with E-state index in [-0.39, 0.29) is 29.0 Å². The predicted molar refractivity (Wildman–Crippen MR) is 103 cm³/mol. The number of pyridine rings is 1. The zero-order valence-corrected chi connectivity index (χ0v) is 16.5. The van der Waals surface area contributed by atoms with Gasteiger partial charge in [-0.05, 0) is 6.07 Å². The van der Waals surface area contributed by atoms with Gasteiger partial charge in [0.1, 0.15) is 0 Å². The van der Waals surface area contributed by atoms with Crippen molar-refractivity contribution in [2.75, 3.05) is 25.0 Å². The van der Waals surface area contributed by atoms with Gasteiger partial charge in [-0.1, -0.05) is 13.8 Å². The Morgan fingerprint density at radius 2 is 2.00 bits per heavy atom. The fraction of sp³-hybridized carbons (Fsp3) is 0.500. The molecule has 8 heteroatoms. The summed E-state index contributed by atoms with van der Waals surface area (Å²) in [5.74, 6) is 0.942. The Morgan fingerprint density at radius 1 is 1.32 bits per heavy atom. The van der Waals surface area contributed by atoms with Crippen LogP contribution >= 0.6 is 0 Å². The molecule has 1 aliphatic carbocycles. The van der Waals surface area contributed by atoms with Crippen LogP contribution in [0.3, 0.4) is 0 Å². The third-order valence-corrected chi connectivity index (χ3v) is 5.88. The molecule has 1 amide bonds. The maximum atomic E-state index is 14.1. The van der Waals surface area contributed by atoms with Gasteiger partial charge >= 0.3 is 0 Å². The highest BCUT2D eigenvalue weighted by Crippen LogP contribution is 2.49. The van der Waals surface area contributed by atoms with E-state index in [1.165, 1.54) is 22.9 Å². The highest BCUT2D eigenvalue weighted by atomic mass is 19.1. The maximum Gasteiger partial charge on any atom is 0.255 e. The molecule has 0 spiro atoms. The van der Waals surface area contributed by atoms with Crippen molar-refractivity contribution in [3.05, 3.63) is 40.7 Å². The summed E-state index contributed by atoms with van der Waals surface area (Å²) in [6, 6.07) is 3.08. The van der Waals surface area contributed by atoms with E-state index in [4.69, 9.17) is 0 Å². The molecule has 1 saturated carbocycles. The first-order valence-corrected chi connectivity index (χ1v) is 9.49.